The summed E-state index contributed by atoms with van der Waals surface area (Å²) in [6, 6.07) is 0. The molecule has 46 valence electrons. The second kappa shape index (κ2) is 3.42. The summed E-state index contributed by atoms with van der Waals surface area (Å²) in [6.07, 6.45) is 2.68. The van der Waals surface area contributed by atoms with Crippen LogP contribution in [0, 0.1) is 0 Å². The highest BCUT2D eigenvalue weighted by Gasteiger charge is 1.88. The molecule has 0 saturated carbocycles. The lowest BCUT2D eigenvalue weighted by atomic mass is 10.2. The van der Waals surface area contributed by atoms with Crippen LogP contribution in [0.25, 0.3) is 0 Å². The number of hydrogen-bond donors (Lipinski definition) is 0. The van der Waals surface area contributed by atoms with Gasteiger partial charge in [0.15, 0.2) is 0 Å². The van der Waals surface area contributed by atoms with Crippen LogP contribution in [0.1, 0.15) is 20.3 Å². The van der Waals surface area contributed by atoms with Gasteiger partial charge in [0.2, 0.25) is 0 Å². The van der Waals surface area contributed by atoms with Crippen LogP contribution in [0.3, 0.4) is 0 Å². The average molecular weight is 114 g/mol. The van der Waals surface area contributed by atoms with Crippen molar-refractivity contribution in [2.45, 2.75) is 20.3 Å². The Balaban J connectivity index is 3.80. The summed E-state index contributed by atoms with van der Waals surface area (Å²) < 4.78 is 12.0. The second-order valence-electron chi connectivity index (χ2n) is 1.70. The van der Waals surface area contributed by atoms with E-state index in [1.165, 1.54) is 0 Å². The van der Waals surface area contributed by atoms with Crippen LogP contribution < -0.4 is 0 Å². The minimum absolute atomic E-state index is 0.327. The lowest BCUT2D eigenvalue weighted by molar-refractivity contribution is 0.654. The molecule has 0 aliphatic carbocycles. The number of hydrogen-bond acceptors (Lipinski definition) is 0. The van der Waals surface area contributed by atoms with Crippen LogP contribution >= 0.6 is 0 Å². The molecule has 0 aromatic carbocycles. The van der Waals surface area contributed by atoms with Gasteiger partial charge < -0.3 is 0 Å². The maximum absolute atomic E-state index is 12.0. The molecule has 1 heteroatoms. The Hall–Kier alpha value is -0.590. The molecule has 0 N–H and O–H groups in total. The van der Waals surface area contributed by atoms with E-state index in [0.29, 0.717) is 5.57 Å². The van der Waals surface area contributed by atoms with Gasteiger partial charge in [-0.05, 0) is 18.9 Å². The molecule has 0 fully saturated rings. The highest BCUT2D eigenvalue weighted by atomic mass is 19.1. The van der Waals surface area contributed by atoms with Crippen LogP contribution in [0.4, 0.5) is 4.39 Å². The van der Waals surface area contributed by atoms with Crippen molar-refractivity contribution in [1.29, 1.82) is 0 Å². The highest BCUT2D eigenvalue weighted by Crippen LogP contribution is 2.07. The third kappa shape index (κ3) is 2.56. The molecular formula is C7H11F. The van der Waals surface area contributed by atoms with Gasteiger partial charge in [-0.3, -0.25) is 0 Å². The summed E-state index contributed by atoms with van der Waals surface area (Å²) in [4.78, 5) is 0. The summed E-state index contributed by atoms with van der Waals surface area (Å²) in [6.45, 7) is 6.82. The van der Waals surface area contributed by atoms with Crippen molar-refractivity contribution in [2.24, 2.45) is 0 Å². The number of rotatable bonds is 2. The predicted molar refractivity (Wildman–Crippen MR) is 34.3 cm³/mol. The Morgan fingerprint density at radius 2 is 2.25 bits per heavy atom. The molecule has 0 aromatic heterocycles. The molecule has 0 unspecified atom stereocenters. The van der Waals surface area contributed by atoms with E-state index in [9.17, 15) is 4.39 Å². The van der Waals surface area contributed by atoms with Crippen LogP contribution in [0.15, 0.2) is 24.1 Å². The third-order valence-corrected chi connectivity index (χ3v) is 0.938. The van der Waals surface area contributed by atoms with E-state index in [1.807, 2.05) is 13.0 Å². The van der Waals surface area contributed by atoms with Gasteiger partial charge in [0, 0.05) is 0 Å². The van der Waals surface area contributed by atoms with Crippen molar-refractivity contribution in [1.82, 2.24) is 0 Å². The van der Waals surface area contributed by atoms with Gasteiger partial charge in [0.1, 0.15) is 5.83 Å². The normalized spacial score (nSPS) is 11.6. The number of allylic oxidation sites excluding steroid dienone is 3. The average Bonchev–Trinajstić information content (AvgIpc) is 1.67. The van der Waals surface area contributed by atoms with Crippen LogP contribution in [0.5, 0.6) is 0 Å². The van der Waals surface area contributed by atoms with Gasteiger partial charge in [-0.1, -0.05) is 19.6 Å². The molecule has 0 nitrogen and oxygen atoms in total. The van der Waals surface area contributed by atoms with Gasteiger partial charge in [-0.25, -0.2) is 4.39 Å². The van der Waals surface area contributed by atoms with Crippen LogP contribution in [0.2, 0.25) is 0 Å². The van der Waals surface area contributed by atoms with Gasteiger partial charge in [-0.15, -0.1) is 0 Å². The Kier molecular flexibility index (Phi) is 3.16. The molecule has 0 radical (unpaired) electrons. The summed E-state index contributed by atoms with van der Waals surface area (Å²) in [7, 11) is 0. The molecule has 0 atom stereocenters. The van der Waals surface area contributed by atoms with Crippen molar-refractivity contribution in [3.05, 3.63) is 24.1 Å². The molecule has 0 heterocycles. The summed E-state index contributed by atoms with van der Waals surface area (Å²) in [5, 5.41) is 0. The molecule has 0 aliphatic heterocycles. The molecule has 0 bridgehead atoms. The van der Waals surface area contributed by atoms with Gasteiger partial charge >= 0.3 is 0 Å². The topological polar surface area (TPSA) is 0 Å². The zero-order chi connectivity index (χ0) is 6.57. The fraction of sp³-hybridized carbons (Fsp3) is 0.429. The molecular weight excluding hydrogens is 103 g/mol. The van der Waals surface area contributed by atoms with E-state index in [0.717, 1.165) is 6.42 Å². The maximum Gasteiger partial charge on any atom is 0.118 e. The molecule has 8 heavy (non-hydrogen) atoms. The SMILES string of the molecule is C=C(F)/C(C)=C\CC. The van der Waals surface area contributed by atoms with Crippen LogP contribution in [-0.2, 0) is 0 Å². The van der Waals surface area contributed by atoms with Crippen LogP contribution in [-0.4, -0.2) is 0 Å². The van der Waals surface area contributed by atoms with Gasteiger partial charge in [0.25, 0.3) is 0 Å². The van der Waals surface area contributed by atoms with Gasteiger partial charge in [-0.2, -0.15) is 0 Å². The third-order valence-electron chi connectivity index (χ3n) is 0.938. The van der Waals surface area contributed by atoms with Gasteiger partial charge in [0.05, 0.1) is 0 Å². The first kappa shape index (κ1) is 7.41. The Bertz CT molecular complexity index is 112. The smallest absolute Gasteiger partial charge is 0.118 e. The van der Waals surface area contributed by atoms with Crippen molar-refractivity contribution >= 4 is 0 Å². The van der Waals surface area contributed by atoms with E-state index in [4.69, 9.17) is 0 Å². The lowest BCUT2D eigenvalue weighted by Gasteiger charge is -1.90. The molecule has 0 spiro atoms. The predicted octanol–water partition coefficient (Wildman–Crippen LogP) is 2.83. The Labute approximate surface area is 49.7 Å². The summed E-state index contributed by atoms with van der Waals surface area (Å²) in [5.41, 5.74) is 0.646. The number of halogens is 1. The Morgan fingerprint density at radius 3 is 2.38 bits per heavy atom. The van der Waals surface area contributed by atoms with E-state index in [2.05, 4.69) is 6.58 Å². The summed E-state index contributed by atoms with van der Waals surface area (Å²) in [5.74, 6) is -0.327. The monoisotopic (exact) mass is 114 g/mol. The highest BCUT2D eigenvalue weighted by molar-refractivity contribution is 5.18. The fourth-order valence-corrected chi connectivity index (χ4v) is 0.417. The molecule has 0 rings (SSSR count). The zero-order valence-electron chi connectivity index (χ0n) is 5.37. The zero-order valence-corrected chi connectivity index (χ0v) is 5.37. The standard InChI is InChI=1S/C7H11F/c1-4-5-6(2)7(3)8/h5H,3-4H2,1-2H3/b6-5-. The molecule has 0 aromatic rings. The maximum atomic E-state index is 12.0. The van der Waals surface area contributed by atoms with E-state index in [1.54, 1.807) is 6.92 Å². The van der Waals surface area contributed by atoms with Crippen molar-refractivity contribution in [3.63, 3.8) is 0 Å². The summed E-state index contributed by atoms with van der Waals surface area (Å²) >= 11 is 0. The minimum Gasteiger partial charge on any atom is -0.207 e. The van der Waals surface area contributed by atoms with E-state index in [-0.39, 0.29) is 5.83 Å². The quantitative estimate of drug-likeness (QED) is 0.484. The molecule has 0 aliphatic rings. The fourth-order valence-electron chi connectivity index (χ4n) is 0.417. The van der Waals surface area contributed by atoms with Crippen molar-refractivity contribution < 1.29 is 4.39 Å². The largest absolute Gasteiger partial charge is 0.207 e. The van der Waals surface area contributed by atoms with E-state index < -0.39 is 0 Å². The first-order valence-corrected chi connectivity index (χ1v) is 2.70. The molecule has 0 amide bonds. The lowest BCUT2D eigenvalue weighted by Crippen LogP contribution is -1.71. The second-order valence-corrected chi connectivity index (χ2v) is 1.70. The van der Waals surface area contributed by atoms with E-state index >= 15 is 0 Å². The van der Waals surface area contributed by atoms with Crippen molar-refractivity contribution in [3.8, 4) is 0 Å². The molecule has 0 saturated heterocycles. The first-order chi connectivity index (χ1) is 3.68. The Morgan fingerprint density at radius 1 is 1.75 bits per heavy atom. The van der Waals surface area contributed by atoms with Crippen molar-refractivity contribution in [2.75, 3.05) is 0 Å². The minimum atomic E-state index is -0.327. The first-order valence-electron chi connectivity index (χ1n) is 2.70.